The quantitative estimate of drug-likeness (QED) is 0.721. The molecule has 2 aromatic rings. The lowest BCUT2D eigenvalue weighted by Gasteiger charge is -2.41. The van der Waals surface area contributed by atoms with Gasteiger partial charge in [-0.15, -0.1) is 12.4 Å². The predicted octanol–water partition coefficient (Wildman–Crippen LogP) is 5.85. The minimum atomic E-state index is 0. The molecule has 2 aromatic carbocycles. The molecule has 0 saturated heterocycles. The zero-order chi connectivity index (χ0) is 17.3. The Morgan fingerprint density at radius 2 is 1.73 bits per heavy atom. The number of hydrogen-bond donors (Lipinski definition) is 1. The molecule has 0 atom stereocenters. The summed E-state index contributed by atoms with van der Waals surface area (Å²) >= 11 is 0. The molecule has 0 amide bonds. The third kappa shape index (κ3) is 3.57. The lowest BCUT2D eigenvalue weighted by molar-refractivity contribution is 0.275. The summed E-state index contributed by atoms with van der Waals surface area (Å²) < 4.78 is 0. The maximum Gasteiger partial charge on any atom is 0.00761 e. The molecular weight excluding hydrogens is 338 g/mol. The van der Waals surface area contributed by atoms with Gasteiger partial charge >= 0.3 is 0 Å². The highest BCUT2D eigenvalue weighted by Crippen LogP contribution is 2.46. The fraction of sp³-hybridized carbons (Fsp3) is 0.500. The first-order valence-electron chi connectivity index (χ1n) is 10.1. The van der Waals surface area contributed by atoms with E-state index in [1.54, 1.807) is 16.7 Å². The van der Waals surface area contributed by atoms with Gasteiger partial charge in [0.2, 0.25) is 0 Å². The molecule has 0 bridgehead atoms. The van der Waals surface area contributed by atoms with Crippen molar-refractivity contribution in [3.05, 3.63) is 70.3 Å². The molecule has 0 heterocycles. The minimum Gasteiger partial charge on any atom is -0.330 e. The highest BCUT2D eigenvalue weighted by molar-refractivity contribution is 5.85. The van der Waals surface area contributed by atoms with E-state index in [1.165, 1.54) is 62.5 Å². The number of hydrogen-bond acceptors (Lipinski definition) is 1. The second kappa shape index (κ2) is 8.15. The SMILES string of the molecule is Cc1cccc(C2(CN)CCC(c3cccc4c3CCCC4)CC2)c1.Cl. The van der Waals surface area contributed by atoms with Crippen LogP contribution < -0.4 is 5.73 Å². The largest absolute Gasteiger partial charge is 0.330 e. The first kappa shape index (κ1) is 19.5. The Morgan fingerprint density at radius 3 is 2.46 bits per heavy atom. The lowest BCUT2D eigenvalue weighted by atomic mass is 9.64. The number of halogens is 1. The summed E-state index contributed by atoms with van der Waals surface area (Å²) in [6, 6.07) is 16.1. The van der Waals surface area contributed by atoms with Crippen molar-refractivity contribution >= 4 is 12.4 Å². The van der Waals surface area contributed by atoms with E-state index in [1.807, 2.05) is 0 Å². The van der Waals surface area contributed by atoms with Crippen molar-refractivity contribution in [1.82, 2.24) is 0 Å². The van der Waals surface area contributed by atoms with Gasteiger partial charge in [0.15, 0.2) is 0 Å². The topological polar surface area (TPSA) is 26.0 Å². The summed E-state index contributed by atoms with van der Waals surface area (Å²) in [4.78, 5) is 0. The Balaban J connectivity index is 0.00000196. The van der Waals surface area contributed by atoms with Crippen LogP contribution in [0.25, 0.3) is 0 Å². The third-order valence-electron chi connectivity index (χ3n) is 6.84. The van der Waals surface area contributed by atoms with E-state index in [9.17, 15) is 0 Å². The third-order valence-corrected chi connectivity index (χ3v) is 6.84. The number of rotatable bonds is 3. The van der Waals surface area contributed by atoms with Crippen LogP contribution in [0, 0.1) is 6.92 Å². The Morgan fingerprint density at radius 1 is 1.00 bits per heavy atom. The van der Waals surface area contributed by atoms with Crippen molar-refractivity contribution in [1.29, 1.82) is 0 Å². The van der Waals surface area contributed by atoms with E-state index in [4.69, 9.17) is 5.73 Å². The fourth-order valence-corrected chi connectivity index (χ4v) is 5.26. The van der Waals surface area contributed by atoms with Crippen LogP contribution in [-0.4, -0.2) is 6.54 Å². The second-order valence-corrected chi connectivity index (χ2v) is 8.32. The summed E-state index contributed by atoms with van der Waals surface area (Å²) in [7, 11) is 0. The first-order valence-corrected chi connectivity index (χ1v) is 10.1. The summed E-state index contributed by atoms with van der Waals surface area (Å²) in [5.74, 6) is 0.734. The molecular formula is C24H32ClN. The van der Waals surface area contributed by atoms with E-state index >= 15 is 0 Å². The van der Waals surface area contributed by atoms with Gasteiger partial charge in [0.1, 0.15) is 0 Å². The summed E-state index contributed by atoms with van der Waals surface area (Å²) in [6.07, 6.45) is 10.3. The van der Waals surface area contributed by atoms with Gasteiger partial charge in [-0.25, -0.2) is 0 Å². The molecule has 2 aliphatic carbocycles. The smallest absolute Gasteiger partial charge is 0.00761 e. The van der Waals surface area contributed by atoms with Gasteiger partial charge in [-0.3, -0.25) is 0 Å². The highest BCUT2D eigenvalue weighted by Gasteiger charge is 2.36. The zero-order valence-corrected chi connectivity index (χ0v) is 16.8. The Labute approximate surface area is 164 Å². The lowest BCUT2D eigenvalue weighted by Crippen LogP contribution is -2.38. The van der Waals surface area contributed by atoms with Crippen molar-refractivity contribution in [2.45, 2.75) is 69.6 Å². The maximum absolute atomic E-state index is 6.32. The normalized spacial score (nSPS) is 25.2. The molecule has 2 aliphatic rings. The first-order chi connectivity index (χ1) is 12.2. The van der Waals surface area contributed by atoms with Crippen molar-refractivity contribution < 1.29 is 0 Å². The van der Waals surface area contributed by atoms with Gasteiger partial charge < -0.3 is 5.73 Å². The zero-order valence-electron chi connectivity index (χ0n) is 16.0. The van der Waals surface area contributed by atoms with Gasteiger partial charge in [-0.05, 0) is 86.5 Å². The van der Waals surface area contributed by atoms with Crippen LogP contribution in [0.15, 0.2) is 42.5 Å². The molecule has 0 unspecified atom stereocenters. The Hall–Kier alpha value is -1.31. The van der Waals surface area contributed by atoms with Crippen LogP contribution in [0.2, 0.25) is 0 Å². The van der Waals surface area contributed by atoms with E-state index in [2.05, 4.69) is 49.4 Å². The van der Waals surface area contributed by atoms with E-state index in [0.717, 1.165) is 12.5 Å². The molecule has 0 spiro atoms. The maximum atomic E-state index is 6.32. The standard InChI is InChI=1S/C24H31N.ClH/c1-18-6-4-9-21(16-18)24(17-25)14-12-20(13-15-24)23-11-5-8-19-7-2-3-10-22(19)23;/h4-6,8-9,11,16,20H,2-3,7,10,12-15,17,25H2,1H3;1H. The van der Waals surface area contributed by atoms with Gasteiger partial charge in [-0.1, -0.05) is 48.0 Å². The number of fused-ring (bicyclic) bond motifs is 1. The van der Waals surface area contributed by atoms with Gasteiger partial charge in [-0.2, -0.15) is 0 Å². The van der Waals surface area contributed by atoms with E-state index < -0.39 is 0 Å². The fourth-order valence-electron chi connectivity index (χ4n) is 5.26. The number of nitrogens with two attached hydrogens (primary N) is 1. The molecule has 140 valence electrons. The average molecular weight is 370 g/mol. The molecule has 0 aliphatic heterocycles. The minimum absolute atomic E-state index is 0. The molecule has 0 radical (unpaired) electrons. The van der Waals surface area contributed by atoms with Crippen LogP contribution in [0.1, 0.15) is 72.3 Å². The van der Waals surface area contributed by atoms with Crippen molar-refractivity contribution in [3.63, 3.8) is 0 Å². The average Bonchev–Trinajstić information content (AvgIpc) is 2.68. The molecule has 2 heteroatoms. The van der Waals surface area contributed by atoms with E-state index in [0.29, 0.717) is 0 Å². The van der Waals surface area contributed by atoms with Crippen molar-refractivity contribution in [2.75, 3.05) is 6.54 Å². The number of benzene rings is 2. The van der Waals surface area contributed by atoms with Crippen LogP contribution in [0.4, 0.5) is 0 Å². The molecule has 1 saturated carbocycles. The molecule has 26 heavy (non-hydrogen) atoms. The summed E-state index contributed by atoms with van der Waals surface area (Å²) in [5.41, 5.74) is 14.3. The van der Waals surface area contributed by atoms with Gasteiger partial charge in [0.25, 0.3) is 0 Å². The molecule has 1 fully saturated rings. The van der Waals surface area contributed by atoms with Gasteiger partial charge in [0.05, 0.1) is 0 Å². The molecule has 2 N–H and O–H groups in total. The monoisotopic (exact) mass is 369 g/mol. The number of aryl methyl sites for hydroxylation is 2. The highest BCUT2D eigenvalue weighted by atomic mass is 35.5. The molecule has 4 rings (SSSR count). The summed E-state index contributed by atoms with van der Waals surface area (Å²) in [6.45, 7) is 2.96. The van der Waals surface area contributed by atoms with Crippen LogP contribution in [0.3, 0.4) is 0 Å². The summed E-state index contributed by atoms with van der Waals surface area (Å²) in [5, 5.41) is 0. The van der Waals surface area contributed by atoms with Crippen molar-refractivity contribution in [3.8, 4) is 0 Å². The van der Waals surface area contributed by atoms with Crippen molar-refractivity contribution in [2.24, 2.45) is 5.73 Å². The predicted molar refractivity (Wildman–Crippen MR) is 113 cm³/mol. The van der Waals surface area contributed by atoms with Crippen LogP contribution in [-0.2, 0) is 18.3 Å². The molecule has 0 aromatic heterocycles. The van der Waals surface area contributed by atoms with Gasteiger partial charge in [0, 0.05) is 12.0 Å². The molecule has 1 nitrogen and oxygen atoms in total. The van der Waals surface area contributed by atoms with Crippen LogP contribution >= 0.6 is 12.4 Å². The Bertz CT molecular complexity index is 744. The van der Waals surface area contributed by atoms with E-state index in [-0.39, 0.29) is 17.8 Å². The van der Waals surface area contributed by atoms with Crippen LogP contribution in [0.5, 0.6) is 0 Å². The Kier molecular flexibility index (Phi) is 6.10. The second-order valence-electron chi connectivity index (χ2n) is 8.32.